The molecule has 0 aromatic rings. The zero-order chi connectivity index (χ0) is 37.1. The van der Waals surface area contributed by atoms with E-state index < -0.39 is 42.0 Å². The van der Waals surface area contributed by atoms with Gasteiger partial charge in [-0.25, -0.2) is 0 Å². The fraction of sp³-hybridized carbons (Fsp3) is 0.889. The first-order valence-electron chi connectivity index (χ1n) is 19.4. The molecule has 0 bridgehead atoms. The highest BCUT2D eigenvalue weighted by Crippen LogP contribution is 2.07. The maximum atomic E-state index is 11.6. The quantitative estimate of drug-likeness (QED) is 0.0323. The molecular formula is C36H72N6O8. The van der Waals surface area contributed by atoms with Crippen molar-refractivity contribution in [3.8, 4) is 0 Å². The molecule has 50 heavy (non-hydrogen) atoms. The summed E-state index contributed by atoms with van der Waals surface area (Å²) in [6.45, 7) is 8.80. The van der Waals surface area contributed by atoms with E-state index in [0.29, 0.717) is 19.3 Å². The van der Waals surface area contributed by atoms with E-state index in [9.17, 15) is 34.5 Å². The Bertz CT molecular complexity index is 853. The Morgan fingerprint density at radius 1 is 0.420 bits per heavy atom. The van der Waals surface area contributed by atoms with Gasteiger partial charge in [-0.1, -0.05) is 64.7 Å². The van der Waals surface area contributed by atoms with Gasteiger partial charge in [-0.15, -0.1) is 0 Å². The Kier molecular flexibility index (Phi) is 33.4. The molecule has 0 aliphatic carbocycles. The molecule has 0 aromatic heterocycles. The normalized spacial score (nSPS) is 13.2. The predicted molar refractivity (Wildman–Crippen MR) is 198 cm³/mol. The van der Waals surface area contributed by atoms with Gasteiger partial charge in [-0.3, -0.25) is 29.8 Å². The van der Waals surface area contributed by atoms with Crippen molar-refractivity contribution in [1.82, 2.24) is 31.9 Å². The van der Waals surface area contributed by atoms with E-state index in [2.05, 4.69) is 38.8 Å². The molecule has 0 saturated carbocycles. The second-order valence-electron chi connectivity index (χ2n) is 13.3. The van der Waals surface area contributed by atoms with Crippen LogP contribution in [0.5, 0.6) is 0 Å². The number of nitrogens with one attached hydrogen (secondary N) is 6. The van der Waals surface area contributed by atoms with Gasteiger partial charge in [0.25, 0.3) is 0 Å². The summed E-state index contributed by atoms with van der Waals surface area (Å²) in [5.74, 6) is -4.00. The molecule has 0 aliphatic rings. The Morgan fingerprint density at radius 3 is 1.16 bits per heavy atom. The van der Waals surface area contributed by atoms with Crippen LogP contribution in [-0.2, 0) is 19.2 Å². The molecule has 294 valence electrons. The third-order valence-corrected chi connectivity index (χ3v) is 8.77. The average molecular weight is 717 g/mol. The first-order chi connectivity index (χ1) is 24.2. The maximum absolute atomic E-state index is 11.6. The third-order valence-electron chi connectivity index (χ3n) is 8.77. The van der Waals surface area contributed by atoms with Crippen LogP contribution in [0.2, 0.25) is 0 Å². The van der Waals surface area contributed by atoms with Gasteiger partial charge in [0.2, 0.25) is 0 Å². The molecule has 0 aromatic carbocycles. The maximum Gasteiger partial charge on any atom is 0.320 e. The van der Waals surface area contributed by atoms with Crippen molar-refractivity contribution in [1.29, 1.82) is 0 Å². The number of hydrogen-bond acceptors (Lipinski definition) is 10. The van der Waals surface area contributed by atoms with Crippen molar-refractivity contribution >= 4 is 23.9 Å². The second-order valence-corrected chi connectivity index (χ2v) is 13.3. The van der Waals surface area contributed by atoms with Crippen molar-refractivity contribution in [3.63, 3.8) is 0 Å². The van der Waals surface area contributed by atoms with Crippen LogP contribution in [0.4, 0.5) is 0 Å². The summed E-state index contributed by atoms with van der Waals surface area (Å²) in [6.07, 6.45) is 18.2. The van der Waals surface area contributed by atoms with E-state index in [1.807, 2.05) is 0 Å². The molecule has 0 radical (unpaired) electrons. The zero-order valence-corrected chi connectivity index (χ0v) is 31.0. The lowest BCUT2D eigenvalue weighted by Crippen LogP contribution is -2.47. The molecule has 14 heteroatoms. The Balaban J connectivity index is 3.61. The van der Waals surface area contributed by atoms with E-state index >= 15 is 0 Å². The molecule has 0 rings (SSSR count). The molecular weight excluding hydrogens is 644 g/mol. The molecule has 0 fully saturated rings. The molecule has 0 amide bonds. The summed E-state index contributed by atoms with van der Waals surface area (Å²) in [5, 5.41) is 55.9. The summed E-state index contributed by atoms with van der Waals surface area (Å²) in [6, 6.07) is -2.30. The number of aliphatic carboxylic acids is 4. The molecule has 0 heterocycles. The smallest absolute Gasteiger partial charge is 0.320 e. The van der Waals surface area contributed by atoms with Crippen molar-refractivity contribution in [2.75, 3.05) is 52.5 Å². The molecule has 3 unspecified atom stereocenters. The van der Waals surface area contributed by atoms with Crippen LogP contribution in [0.1, 0.15) is 135 Å². The zero-order valence-electron chi connectivity index (χ0n) is 31.0. The number of carboxylic acid groups (broad SMARTS) is 4. The van der Waals surface area contributed by atoms with Crippen molar-refractivity contribution < 1.29 is 39.6 Å². The average Bonchev–Trinajstić information content (AvgIpc) is 3.07. The summed E-state index contributed by atoms with van der Waals surface area (Å²) < 4.78 is 0. The van der Waals surface area contributed by atoms with Crippen LogP contribution in [0.15, 0.2) is 0 Å². The van der Waals surface area contributed by atoms with Crippen LogP contribution in [0, 0.1) is 0 Å². The minimum absolute atomic E-state index is 0.0324. The summed E-state index contributed by atoms with van der Waals surface area (Å²) >= 11 is 0. The van der Waals surface area contributed by atoms with Crippen molar-refractivity contribution in [2.24, 2.45) is 0 Å². The Hall–Kier alpha value is -2.36. The molecule has 10 N–H and O–H groups in total. The number of hydrogen-bond donors (Lipinski definition) is 10. The minimum Gasteiger partial charge on any atom is -0.481 e. The van der Waals surface area contributed by atoms with E-state index in [4.69, 9.17) is 5.11 Å². The number of carbonyl (C=O) groups is 4. The van der Waals surface area contributed by atoms with Crippen LogP contribution in [0.25, 0.3) is 0 Å². The fourth-order valence-corrected chi connectivity index (χ4v) is 5.60. The number of rotatable bonds is 40. The lowest BCUT2D eigenvalue weighted by Gasteiger charge is -2.18. The summed E-state index contributed by atoms with van der Waals surface area (Å²) in [4.78, 5) is 45.0. The summed E-state index contributed by atoms with van der Waals surface area (Å²) in [5.41, 5.74) is 0. The first kappa shape index (κ1) is 47.6. The lowest BCUT2D eigenvalue weighted by molar-refractivity contribution is -0.141. The van der Waals surface area contributed by atoms with Gasteiger partial charge < -0.3 is 41.7 Å². The third kappa shape index (κ3) is 31.6. The van der Waals surface area contributed by atoms with Gasteiger partial charge in [0.1, 0.15) is 18.1 Å². The fourth-order valence-electron chi connectivity index (χ4n) is 5.60. The van der Waals surface area contributed by atoms with Crippen molar-refractivity contribution in [3.05, 3.63) is 0 Å². The summed E-state index contributed by atoms with van der Waals surface area (Å²) in [7, 11) is 0. The van der Waals surface area contributed by atoms with Gasteiger partial charge in [0, 0.05) is 13.1 Å². The lowest BCUT2D eigenvalue weighted by atomic mass is 10.1. The SMILES string of the molecule is CCCCNCCCCCCNC(CCCCNCCCCCCCCNCCCCC(NCNC(CCC(=O)O)C(=O)O)C(=O)O)C(=O)O. The van der Waals surface area contributed by atoms with E-state index in [-0.39, 0.29) is 19.5 Å². The minimum atomic E-state index is -1.17. The van der Waals surface area contributed by atoms with Crippen LogP contribution in [0.3, 0.4) is 0 Å². The monoisotopic (exact) mass is 717 g/mol. The van der Waals surface area contributed by atoms with Gasteiger partial charge in [-0.2, -0.15) is 0 Å². The first-order valence-corrected chi connectivity index (χ1v) is 19.4. The highest BCUT2D eigenvalue weighted by molar-refractivity contribution is 5.75. The number of unbranched alkanes of at least 4 members (excludes halogenated alkanes) is 11. The Morgan fingerprint density at radius 2 is 0.760 bits per heavy atom. The van der Waals surface area contributed by atoms with Gasteiger partial charge in [-0.05, 0) is 110 Å². The van der Waals surface area contributed by atoms with Crippen LogP contribution in [-0.4, -0.2) is 115 Å². The largest absolute Gasteiger partial charge is 0.481 e. The van der Waals surface area contributed by atoms with Gasteiger partial charge in [0.15, 0.2) is 0 Å². The van der Waals surface area contributed by atoms with Gasteiger partial charge in [0.05, 0.1) is 0 Å². The molecule has 3 atom stereocenters. The molecule has 0 aliphatic heterocycles. The topological polar surface area (TPSA) is 221 Å². The second kappa shape index (κ2) is 35.1. The standard InChI is InChI=1S/C36H72N6O8/c1-2-3-22-37-23-14-8-9-15-28-40-30(34(45)46)18-10-16-26-38-24-12-6-4-5-7-13-25-39-27-17-11-19-31(35(47)48)41-29-42-32(36(49)50)20-21-33(43)44/h30-32,37-42H,2-29H2,1H3,(H,43,44)(H,45,46)(H,47,48)(H,49,50). The predicted octanol–water partition coefficient (Wildman–Crippen LogP) is 3.75. The number of carboxylic acids is 4. The van der Waals surface area contributed by atoms with Crippen LogP contribution < -0.4 is 31.9 Å². The van der Waals surface area contributed by atoms with E-state index in [1.165, 1.54) is 51.4 Å². The van der Waals surface area contributed by atoms with E-state index in [1.54, 1.807) is 0 Å². The van der Waals surface area contributed by atoms with Crippen LogP contribution >= 0.6 is 0 Å². The molecule has 14 nitrogen and oxygen atoms in total. The highest BCUT2D eigenvalue weighted by Gasteiger charge is 2.20. The van der Waals surface area contributed by atoms with E-state index in [0.717, 1.165) is 90.8 Å². The van der Waals surface area contributed by atoms with Crippen molar-refractivity contribution in [2.45, 2.75) is 153 Å². The molecule has 0 saturated heterocycles. The highest BCUT2D eigenvalue weighted by atomic mass is 16.4. The van der Waals surface area contributed by atoms with Gasteiger partial charge >= 0.3 is 23.9 Å². The Labute approximate surface area is 301 Å². The molecule has 0 spiro atoms.